The quantitative estimate of drug-likeness (QED) is 0.636. The van der Waals surface area contributed by atoms with Crippen LogP contribution < -0.4 is 5.32 Å². The van der Waals surface area contributed by atoms with E-state index in [1.807, 2.05) is 12.1 Å². The zero-order chi connectivity index (χ0) is 12.7. The minimum absolute atomic E-state index is 0.112. The average molecular weight is 274 g/mol. The Morgan fingerprint density at radius 1 is 1.47 bits per heavy atom. The Kier molecular flexibility index (Phi) is 6.22. The standard InChI is InChI=1S/C12H16ClNO2S/c1-17(16)7-3-6-14-12(15)11-5-2-4-10(8-11)9-13/h2,4-5,8H,3,6-7,9H2,1H3,(H,14,15). The van der Waals surface area contributed by atoms with E-state index in [4.69, 9.17) is 11.6 Å². The van der Waals surface area contributed by atoms with Crippen LogP contribution >= 0.6 is 11.6 Å². The van der Waals surface area contributed by atoms with E-state index < -0.39 is 10.8 Å². The van der Waals surface area contributed by atoms with Gasteiger partial charge in [-0.25, -0.2) is 0 Å². The van der Waals surface area contributed by atoms with Gasteiger partial charge < -0.3 is 5.32 Å². The maximum absolute atomic E-state index is 11.7. The number of nitrogens with one attached hydrogen (secondary N) is 1. The molecule has 17 heavy (non-hydrogen) atoms. The van der Waals surface area contributed by atoms with Crippen LogP contribution in [0.3, 0.4) is 0 Å². The van der Waals surface area contributed by atoms with E-state index in [0.717, 1.165) is 12.0 Å². The normalized spacial score (nSPS) is 12.1. The second-order valence-corrected chi connectivity index (χ2v) is 5.54. The molecular weight excluding hydrogens is 258 g/mol. The molecule has 5 heteroatoms. The molecule has 0 saturated carbocycles. The Balaban J connectivity index is 2.43. The molecule has 1 aromatic carbocycles. The number of hydrogen-bond donors (Lipinski definition) is 1. The zero-order valence-electron chi connectivity index (χ0n) is 9.74. The Labute approximate surface area is 109 Å². The van der Waals surface area contributed by atoms with Gasteiger partial charge in [0.05, 0.1) is 0 Å². The smallest absolute Gasteiger partial charge is 0.251 e. The highest BCUT2D eigenvalue weighted by atomic mass is 35.5. The van der Waals surface area contributed by atoms with Gasteiger partial charge in [0.15, 0.2) is 0 Å². The molecule has 3 nitrogen and oxygen atoms in total. The van der Waals surface area contributed by atoms with Gasteiger partial charge in [-0.1, -0.05) is 12.1 Å². The second kappa shape index (κ2) is 7.45. The summed E-state index contributed by atoms with van der Waals surface area (Å²) in [6.45, 7) is 0.545. The first-order chi connectivity index (χ1) is 8.13. The molecule has 1 atom stereocenters. The number of halogens is 1. The molecule has 94 valence electrons. The SMILES string of the molecule is CS(=O)CCCNC(=O)c1cccc(CCl)c1. The van der Waals surface area contributed by atoms with Gasteiger partial charge in [0.1, 0.15) is 0 Å². The van der Waals surface area contributed by atoms with Gasteiger partial charge in [-0.15, -0.1) is 11.6 Å². The molecule has 1 amide bonds. The third-order valence-corrected chi connectivity index (χ3v) is 3.41. The molecule has 0 aliphatic carbocycles. The molecule has 0 saturated heterocycles. The number of amides is 1. The van der Waals surface area contributed by atoms with Crippen LogP contribution in [0.4, 0.5) is 0 Å². The second-order valence-electron chi connectivity index (χ2n) is 3.72. The minimum Gasteiger partial charge on any atom is -0.352 e. The molecule has 1 unspecified atom stereocenters. The molecule has 0 heterocycles. The van der Waals surface area contributed by atoms with Gasteiger partial charge in [0.2, 0.25) is 0 Å². The molecule has 0 aliphatic rings. The van der Waals surface area contributed by atoms with Gasteiger partial charge in [0, 0.05) is 40.8 Å². The summed E-state index contributed by atoms with van der Waals surface area (Å²) in [5.41, 5.74) is 1.54. The first-order valence-electron chi connectivity index (χ1n) is 5.36. The lowest BCUT2D eigenvalue weighted by molar-refractivity contribution is 0.0953. The van der Waals surface area contributed by atoms with Crippen LogP contribution in [-0.4, -0.2) is 28.7 Å². The maximum Gasteiger partial charge on any atom is 0.251 e. The van der Waals surface area contributed by atoms with Crippen LogP contribution in [0.25, 0.3) is 0 Å². The fourth-order valence-electron chi connectivity index (χ4n) is 1.38. The Hall–Kier alpha value is -0.870. The molecule has 1 aromatic rings. The number of carbonyl (C=O) groups excluding carboxylic acids is 1. The van der Waals surface area contributed by atoms with Crippen LogP contribution in [0.2, 0.25) is 0 Å². The highest BCUT2D eigenvalue weighted by molar-refractivity contribution is 7.84. The van der Waals surface area contributed by atoms with Crippen LogP contribution in [0.15, 0.2) is 24.3 Å². The first kappa shape index (κ1) is 14.2. The van der Waals surface area contributed by atoms with Gasteiger partial charge in [-0.05, 0) is 24.1 Å². The van der Waals surface area contributed by atoms with Crippen molar-refractivity contribution in [2.24, 2.45) is 0 Å². The maximum atomic E-state index is 11.7. The van der Waals surface area contributed by atoms with Crippen molar-refractivity contribution in [3.05, 3.63) is 35.4 Å². The molecule has 0 spiro atoms. The summed E-state index contributed by atoms with van der Waals surface area (Å²) in [6, 6.07) is 7.22. The van der Waals surface area contributed by atoms with Crippen molar-refractivity contribution in [1.29, 1.82) is 0 Å². The van der Waals surface area contributed by atoms with Crippen molar-refractivity contribution in [1.82, 2.24) is 5.32 Å². The number of benzene rings is 1. The summed E-state index contributed by atoms with van der Waals surface area (Å²) >= 11 is 5.70. The summed E-state index contributed by atoms with van der Waals surface area (Å²) in [5.74, 6) is 0.900. The van der Waals surface area contributed by atoms with E-state index in [2.05, 4.69) is 5.32 Å². The highest BCUT2D eigenvalue weighted by Crippen LogP contribution is 2.07. The molecule has 0 aromatic heterocycles. The Morgan fingerprint density at radius 3 is 2.88 bits per heavy atom. The largest absolute Gasteiger partial charge is 0.352 e. The fourth-order valence-corrected chi connectivity index (χ4v) is 2.09. The average Bonchev–Trinajstić information content (AvgIpc) is 2.34. The lowest BCUT2D eigenvalue weighted by Gasteiger charge is -2.05. The Bertz CT molecular complexity index is 409. The summed E-state index contributed by atoms with van der Waals surface area (Å²) in [6.07, 6.45) is 2.38. The van der Waals surface area contributed by atoms with Crippen molar-refractivity contribution in [2.45, 2.75) is 12.3 Å². The van der Waals surface area contributed by atoms with Crippen LogP contribution in [0, 0.1) is 0 Å². The third kappa shape index (κ3) is 5.33. The van der Waals surface area contributed by atoms with Crippen LogP contribution in [0.5, 0.6) is 0 Å². The zero-order valence-corrected chi connectivity index (χ0v) is 11.3. The highest BCUT2D eigenvalue weighted by Gasteiger charge is 2.05. The van der Waals surface area contributed by atoms with E-state index in [0.29, 0.717) is 23.7 Å². The van der Waals surface area contributed by atoms with E-state index >= 15 is 0 Å². The first-order valence-corrected chi connectivity index (χ1v) is 7.63. The van der Waals surface area contributed by atoms with E-state index in [-0.39, 0.29) is 5.91 Å². The molecule has 1 rings (SSSR count). The molecule has 0 bridgehead atoms. The van der Waals surface area contributed by atoms with E-state index in [1.54, 1.807) is 18.4 Å². The molecule has 0 aliphatic heterocycles. The van der Waals surface area contributed by atoms with Gasteiger partial charge in [-0.2, -0.15) is 0 Å². The summed E-state index contributed by atoms with van der Waals surface area (Å²) in [4.78, 5) is 11.7. The summed E-state index contributed by atoms with van der Waals surface area (Å²) in [5, 5.41) is 2.79. The predicted molar refractivity (Wildman–Crippen MR) is 71.9 cm³/mol. The van der Waals surface area contributed by atoms with Crippen molar-refractivity contribution in [3.8, 4) is 0 Å². The minimum atomic E-state index is -0.799. The van der Waals surface area contributed by atoms with Crippen molar-refractivity contribution >= 4 is 28.3 Å². The van der Waals surface area contributed by atoms with E-state index in [9.17, 15) is 9.00 Å². The number of alkyl halides is 1. The lowest BCUT2D eigenvalue weighted by atomic mass is 10.1. The van der Waals surface area contributed by atoms with Gasteiger partial charge in [0.25, 0.3) is 5.91 Å². The van der Waals surface area contributed by atoms with E-state index in [1.165, 1.54) is 0 Å². The molecule has 1 N–H and O–H groups in total. The van der Waals surface area contributed by atoms with Gasteiger partial charge in [-0.3, -0.25) is 9.00 Å². The van der Waals surface area contributed by atoms with Crippen LogP contribution in [-0.2, 0) is 16.7 Å². The predicted octanol–water partition coefficient (Wildman–Crippen LogP) is 1.92. The van der Waals surface area contributed by atoms with Crippen molar-refractivity contribution in [3.63, 3.8) is 0 Å². The fraction of sp³-hybridized carbons (Fsp3) is 0.417. The summed E-state index contributed by atoms with van der Waals surface area (Å²) < 4.78 is 10.8. The summed E-state index contributed by atoms with van der Waals surface area (Å²) in [7, 11) is -0.799. The molecule has 0 radical (unpaired) electrons. The molecule has 0 fully saturated rings. The van der Waals surface area contributed by atoms with Crippen molar-refractivity contribution in [2.75, 3.05) is 18.6 Å². The van der Waals surface area contributed by atoms with Gasteiger partial charge >= 0.3 is 0 Å². The number of carbonyl (C=O) groups is 1. The monoisotopic (exact) mass is 273 g/mol. The Morgan fingerprint density at radius 2 is 2.24 bits per heavy atom. The number of hydrogen-bond acceptors (Lipinski definition) is 2. The topological polar surface area (TPSA) is 46.2 Å². The molecular formula is C12H16ClNO2S. The lowest BCUT2D eigenvalue weighted by Crippen LogP contribution is -2.25. The van der Waals surface area contributed by atoms with Crippen LogP contribution in [0.1, 0.15) is 22.3 Å². The third-order valence-electron chi connectivity index (χ3n) is 2.24. The van der Waals surface area contributed by atoms with Crippen molar-refractivity contribution < 1.29 is 9.00 Å². The number of rotatable bonds is 6.